The Balaban J connectivity index is 1.44. The van der Waals surface area contributed by atoms with E-state index in [-0.39, 0.29) is 11.9 Å². The summed E-state index contributed by atoms with van der Waals surface area (Å²) >= 11 is 3.26. The van der Waals surface area contributed by atoms with Gasteiger partial charge in [0.1, 0.15) is 5.82 Å². The van der Waals surface area contributed by atoms with Crippen LogP contribution in [0.1, 0.15) is 72.9 Å². The highest BCUT2D eigenvalue weighted by atomic mass is 32.2. The second-order valence-electron chi connectivity index (χ2n) is 8.25. The normalized spacial score (nSPS) is 15.7. The molecule has 1 unspecified atom stereocenters. The lowest BCUT2D eigenvalue weighted by atomic mass is 9.95. The summed E-state index contributed by atoms with van der Waals surface area (Å²) in [7, 11) is 0. The molecule has 7 heteroatoms. The Morgan fingerprint density at radius 3 is 2.74 bits per heavy atom. The Morgan fingerprint density at radius 1 is 1.19 bits per heavy atom. The van der Waals surface area contributed by atoms with Crippen molar-refractivity contribution in [2.75, 3.05) is 5.75 Å². The van der Waals surface area contributed by atoms with Crippen LogP contribution < -0.4 is 5.32 Å². The number of carbonyl (C=O) groups is 1. The van der Waals surface area contributed by atoms with Crippen molar-refractivity contribution in [2.45, 2.75) is 69.6 Å². The average molecular weight is 455 g/mol. The molecular weight excluding hydrogens is 424 g/mol. The van der Waals surface area contributed by atoms with Crippen molar-refractivity contribution in [3.8, 4) is 0 Å². The summed E-state index contributed by atoms with van der Waals surface area (Å²) in [6.45, 7) is 4.11. The van der Waals surface area contributed by atoms with Crippen LogP contribution in [0.15, 0.2) is 46.9 Å². The summed E-state index contributed by atoms with van der Waals surface area (Å²) < 4.78 is 2.32. The van der Waals surface area contributed by atoms with Gasteiger partial charge in [0.25, 0.3) is 0 Å². The molecule has 31 heavy (non-hydrogen) atoms. The smallest absolute Gasteiger partial charge is 0.230 e. The van der Waals surface area contributed by atoms with Gasteiger partial charge in [0.15, 0.2) is 5.16 Å². The molecule has 2 heterocycles. The van der Waals surface area contributed by atoms with Crippen molar-refractivity contribution in [1.29, 1.82) is 0 Å². The first-order valence-electron chi connectivity index (χ1n) is 11.1. The largest absolute Gasteiger partial charge is 0.349 e. The Morgan fingerprint density at radius 2 is 2.00 bits per heavy atom. The summed E-state index contributed by atoms with van der Waals surface area (Å²) in [5.74, 6) is 1.39. The first-order valence-corrected chi connectivity index (χ1v) is 12.9. The van der Waals surface area contributed by atoms with Gasteiger partial charge < -0.3 is 9.88 Å². The highest BCUT2D eigenvalue weighted by Crippen LogP contribution is 2.33. The van der Waals surface area contributed by atoms with E-state index < -0.39 is 0 Å². The van der Waals surface area contributed by atoms with E-state index in [1.165, 1.54) is 54.3 Å². The number of rotatable bonds is 8. The Bertz CT molecular complexity index is 993. The number of benzene rings is 1. The Labute approximate surface area is 192 Å². The van der Waals surface area contributed by atoms with Crippen LogP contribution in [0.4, 0.5) is 0 Å². The third-order valence-electron chi connectivity index (χ3n) is 5.95. The van der Waals surface area contributed by atoms with Gasteiger partial charge >= 0.3 is 0 Å². The van der Waals surface area contributed by atoms with Crippen LogP contribution in [0.5, 0.6) is 0 Å². The van der Waals surface area contributed by atoms with Crippen LogP contribution in [0.3, 0.4) is 0 Å². The fraction of sp³-hybridized carbons (Fsp3) is 0.458. The fourth-order valence-electron chi connectivity index (χ4n) is 4.36. The highest BCUT2D eigenvalue weighted by molar-refractivity contribution is 7.99. The number of nitrogens with one attached hydrogen (secondary N) is 1. The molecule has 0 saturated heterocycles. The number of amides is 1. The number of nitrogens with zero attached hydrogens (tertiary/aromatic N) is 3. The third-order valence-corrected chi connectivity index (χ3v) is 7.77. The van der Waals surface area contributed by atoms with Gasteiger partial charge in [-0.05, 0) is 49.3 Å². The van der Waals surface area contributed by atoms with Gasteiger partial charge in [-0.2, -0.15) is 0 Å². The van der Waals surface area contributed by atoms with E-state index in [2.05, 4.69) is 56.7 Å². The molecule has 1 N–H and O–H groups in total. The molecule has 1 fully saturated rings. The van der Waals surface area contributed by atoms with Crippen LogP contribution in [0, 0.1) is 6.92 Å². The highest BCUT2D eigenvalue weighted by Gasteiger charge is 2.24. The topological polar surface area (TPSA) is 59.8 Å². The van der Waals surface area contributed by atoms with Crippen molar-refractivity contribution in [3.05, 3.63) is 63.6 Å². The van der Waals surface area contributed by atoms with Gasteiger partial charge in [-0.15, -0.1) is 21.5 Å². The van der Waals surface area contributed by atoms with E-state index in [9.17, 15) is 4.79 Å². The van der Waals surface area contributed by atoms with Crippen molar-refractivity contribution >= 4 is 29.0 Å². The molecule has 0 radical (unpaired) electrons. The minimum atomic E-state index is -0.0140. The van der Waals surface area contributed by atoms with Crippen molar-refractivity contribution < 1.29 is 4.79 Å². The van der Waals surface area contributed by atoms with Gasteiger partial charge in [0.05, 0.1) is 11.8 Å². The number of hydrogen-bond acceptors (Lipinski definition) is 5. The maximum atomic E-state index is 12.7. The monoisotopic (exact) mass is 454 g/mol. The molecule has 2 aromatic heterocycles. The standard InChI is InChI=1S/C24H30N4OS2/c1-17-9-6-7-13-21(17)18(2)25-23(29)16-31-24-27-26-22(15-20-12-8-14-30-20)28(24)19-10-4-3-5-11-19/h6-9,12-14,18-19H,3-5,10-11,15-16H2,1-2H3,(H,25,29). The zero-order valence-electron chi connectivity index (χ0n) is 18.2. The lowest BCUT2D eigenvalue weighted by Crippen LogP contribution is -2.28. The lowest BCUT2D eigenvalue weighted by Gasteiger charge is -2.25. The Kier molecular flexibility index (Phi) is 7.45. The second-order valence-corrected chi connectivity index (χ2v) is 10.2. The molecule has 1 aliphatic carbocycles. The molecule has 0 aliphatic heterocycles. The van der Waals surface area contributed by atoms with Crippen LogP contribution in [0.25, 0.3) is 0 Å². The SMILES string of the molecule is Cc1ccccc1C(C)NC(=O)CSc1nnc(Cc2cccs2)n1C1CCCCC1. The molecule has 1 amide bonds. The predicted octanol–water partition coefficient (Wildman–Crippen LogP) is 5.71. The van der Waals surface area contributed by atoms with Crippen molar-refractivity contribution in [2.24, 2.45) is 0 Å². The fourth-order valence-corrected chi connectivity index (χ4v) is 5.90. The van der Waals surface area contributed by atoms with Gasteiger partial charge in [-0.25, -0.2) is 0 Å². The molecule has 164 valence electrons. The van der Waals surface area contributed by atoms with Crippen LogP contribution in [-0.2, 0) is 11.2 Å². The lowest BCUT2D eigenvalue weighted by molar-refractivity contribution is -0.119. The van der Waals surface area contributed by atoms with Gasteiger partial charge in [0.2, 0.25) is 5.91 Å². The molecule has 1 saturated carbocycles. The predicted molar refractivity (Wildman–Crippen MR) is 128 cm³/mol. The van der Waals surface area contributed by atoms with Crippen molar-refractivity contribution in [1.82, 2.24) is 20.1 Å². The summed E-state index contributed by atoms with van der Waals surface area (Å²) in [4.78, 5) is 14.0. The van der Waals surface area contributed by atoms with Crippen LogP contribution in [-0.4, -0.2) is 26.4 Å². The number of thioether (sulfide) groups is 1. The van der Waals surface area contributed by atoms with E-state index in [0.29, 0.717) is 11.8 Å². The molecular formula is C24H30N4OS2. The van der Waals surface area contributed by atoms with Gasteiger partial charge in [-0.3, -0.25) is 4.79 Å². The summed E-state index contributed by atoms with van der Waals surface area (Å²) in [5.41, 5.74) is 2.35. The molecule has 0 bridgehead atoms. The maximum Gasteiger partial charge on any atom is 0.230 e. The molecule has 0 spiro atoms. The number of aryl methyl sites for hydroxylation is 1. The number of hydrogen-bond donors (Lipinski definition) is 1. The average Bonchev–Trinajstić information content (AvgIpc) is 3.43. The molecule has 3 aromatic rings. The molecule has 5 nitrogen and oxygen atoms in total. The minimum Gasteiger partial charge on any atom is -0.349 e. The van der Waals surface area contributed by atoms with Gasteiger partial charge in [0, 0.05) is 17.3 Å². The second kappa shape index (κ2) is 10.5. The minimum absolute atomic E-state index is 0.0140. The van der Waals surface area contributed by atoms with Crippen LogP contribution in [0.2, 0.25) is 0 Å². The summed E-state index contributed by atoms with van der Waals surface area (Å²) in [6.07, 6.45) is 6.94. The summed E-state index contributed by atoms with van der Waals surface area (Å²) in [5, 5.41) is 15.1. The number of aromatic nitrogens is 3. The number of carbonyl (C=O) groups excluding carboxylic acids is 1. The third kappa shape index (κ3) is 5.57. The number of thiophene rings is 1. The van der Waals surface area contributed by atoms with E-state index in [1.54, 1.807) is 11.3 Å². The van der Waals surface area contributed by atoms with E-state index in [4.69, 9.17) is 0 Å². The molecule has 1 aromatic carbocycles. The quantitative estimate of drug-likeness (QED) is 0.443. The first-order chi connectivity index (χ1) is 15.1. The first kappa shape index (κ1) is 22.1. The molecule has 4 rings (SSSR count). The van der Waals surface area contributed by atoms with Crippen LogP contribution >= 0.6 is 23.1 Å². The zero-order chi connectivity index (χ0) is 21.6. The van der Waals surface area contributed by atoms with E-state index >= 15 is 0 Å². The van der Waals surface area contributed by atoms with Gasteiger partial charge in [-0.1, -0.05) is 61.4 Å². The maximum absolute atomic E-state index is 12.7. The van der Waals surface area contributed by atoms with E-state index in [1.807, 2.05) is 19.1 Å². The van der Waals surface area contributed by atoms with Crippen molar-refractivity contribution in [3.63, 3.8) is 0 Å². The Hall–Kier alpha value is -2.12. The summed E-state index contributed by atoms with van der Waals surface area (Å²) in [6, 6.07) is 12.8. The molecule has 1 atom stereocenters. The van der Waals surface area contributed by atoms with E-state index in [0.717, 1.165) is 23.0 Å². The molecule has 1 aliphatic rings. The zero-order valence-corrected chi connectivity index (χ0v) is 19.8.